The molecule has 1 aliphatic rings. The molecular formula is C25H36ClN5O2. The van der Waals surface area contributed by atoms with Crippen molar-refractivity contribution in [3.63, 3.8) is 0 Å². The lowest BCUT2D eigenvalue weighted by Gasteiger charge is -2.30. The summed E-state index contributed by atoms with van der Waals surface area (Å²) >= 11 is 6.07. The molecule has 8 heteroatoms. The average molecular weight is 474 g/mol. The average Bonchev–Trinajstić information content (AvgIpc) is 3.08. The minimum atomic E-state index is -0.535. The summed E-state index contributed by atoms with van der Waals surface area (Å²) < 4.78 is 0. The molecule has 1 amide bonds. The molecule has 0 saturated carbocycles. The largest absolute Gasteiger partial charge is 0.387 e. The Hall–Kier alpha value is -2.22. The van der Waals surface area contributed by atoms with Gasteiger partial charge in [0.25, 0.3) is 0 Å². The Morgan fingerprint density at radius 2 is 1.94 bits per heavy atom. The van der Waals surface area contributed by atoms with Crippen LogP contribution in [-0.4, -0.2) is 65.2 Å². The number of halogens is 1. The highest BCUT2D eigenvalue weighted by molar-refractivity contribution is 6.30. The quantitative estimate of drug-likeness (QED) is 0.547. The van der Waals surface area contributed by atoms with Crippen molar-refractivity contribution in [1.82, 2.24) is 20.2 Å². The molecule has 1 aromatic carbocycles. The number of rotatable bonds is 10. The number of anilines is 1. The van der Waals surface area contributed by atoms with E-state index in [1.54, 1.807) is 0 Å². The Labute approximate surface area is 202 Å². The standard InChI is InChI=1S/C25H36ClN5O2/c1-6-31(25(33)20(14-27-16(2)3)18-7-9-19(26)10-8-18)12-11-30(5)24-22-17(4)13-21(32)23(22)28-15-29-24/h7-10,15-17,20-21,27,32H,6,11-14H2,1-5H3/t17-,20-,21-/m1/s1. The van der Waals surface area contributed by atoms with Crippen molar-refractivity contribution in [2.75, 3.05) is 38.1 Å². The van der Waals surface area contributed by atoms with E-state index in [2.05, 4.69) is 41.0 Å². The summed E-state index contributed by atoms with van der Waals surface area (Å²) in [5.74, 6) is 0.851. The molecular weight excluding hydrogens is 438 g/mol. The molecule has 0 spiro atoms. The van der Waals surface area contributed by atoms with E-state index in [0.29, 0.717) is 37.6 Å². The lowest BCUT2D eigenvalue weighted by atomic mass is 9.97. The van der Waals surface area contributed by atoms with E-state index in [0.717, 1.165) is 22.6 Å². The molecule has 33 heavy (non-hydrogen) atoms. The first kappa shape index (κ1) is 25.4. The van der Waals surface area contributed by atoms with Gasteiger partial charge >= 0.3 is 0 Å². The summed E-state index contributed by atoms with van der Waals surface area (Å²) in [6, 6.07) is 7.82. The van der Waals surface area contributed by atoms with E-state index in [-0.39, 0.29) is 23.8 Å². The van der Waals surface area contributed by atoms with Gasteiger partial charge in [-0.05, 0) is 37.0 Å². The smallest absolute Gasteiger partial charge is 0.231 e. The summed E-state index contributed by atoms with van der Waals surface area (Å²) in [6.07, 6.45) is 1.65. The van der Waals surface area contributed by atoms with Crippen LogP contribution in [0.25, 0.3) is 0 Å². The topological polar surface area (TPSA) is 81.6 Å². The van der Waals surface area contributed by atoms with Gasteiger partial charge in [0, 0.05) is 49.9 Å². The van der Waals surface area contributed by atoms with Crippen molar-refractivity contribution in [3.05, 3.63) is 52.4 Å². The number of aromatic nitrogens is 2. The van der Waals surface area contributed by atoms with Gasteiger partial charge < -0.3 is 20.2 Å². The SMILES string of the molecule is CCN(CCN(C)c1ncnc2c1[C@H](C)C[C@H]2O)C(=O)[C@H](CNC(C)C)c1ccc(Cl)cc1. The summed E-state index contributed by atoms with van der Waals surface area (Å²) in [5.41, 5.74) is 2.70. The number of aliphatic hydroxyl groups is 1. The Balaban J connectivity index is 1.73. The monoisotopic (exact) mass is 473 g/mol. The minimum absolute atomic E-state index is 0.0954. The fourth-order valence-electron chi connectivity index (χ4n) is 4.42. The van der Waals surface area contributed by atoms with Crippen molar-refractivity contribution in [2.45, 2.75) is 58.1 Å². The van der Waals surface area contributed by atoms with Crippen molar-refractivity contribution in [3.8, 4) is 0 Å². The predicted molar refractivity (Wildman–Crippen MR) is 133 cm³/mol. The van der Waals surface area contributed by atoms with E-state index in [9.17, 15) is 9.90 Å². The predicted octanol–water partition coefficient (Wildman–Crippen LogP) is 3.74. The molecule has 2 N–H and O–H groups in total. The molecule has 0 aliphatic heterocycles. The first-order valence-corrected chi connectivity index (χ1v) is 12.1. The second-order valence-corrected chi connectivity index (χ2v) is 9.59. The van der Waals surface area contributed by atoms with E-state index in [4.69, 9.17) is 11.6 Å². The van der Waals surface area contributed by atoms with Crippen LogP contribution in [0.4, 0.5) is 5.82 Å². The number of aliphatic hydroxyl groups excluding tert-OH is 1. The fraction of sp³-hybridized carbons (Fsp3) is 0.560. The van der Waals surface area contributed by atoms with Crippen LogP contribution in [0.2, 0.25) is 5.02 Å². The summed E-state index contributed by atoms with van der Waals surface area (Å²) in [5, 5.41) is 14.4. The number of benzene rings is 1. The first-order chi connectivity index (χ1) is 15.7. The molecule has 1 aliphatic carbocycles. The number of carbonyl (C=O) groups excluding carboxylic acids is 1. The van der Waals surface area contributed by atoms with Crippen LogP contribution in [0.3, 0.4) is 0 Å². The number of carbonyl (C=O) groups is 1. The van der Waals surface area contributed by atoms with E-state index >= 15 is 0 Å². The van der Waals surface area contributed by atoms with Gasteiger partial charge in [-0.1, -0.05) is 44.5 Å². The zero-order valence-electron chi connectivity index (χ0n) is 20.3. The van der Waals surface area contributed by atoms with Crippen molar-refractivity contribution in [2.24, 2.45) is 0 Å². The molecule has 3 atom stereocenters. The number of nitrogens with one attached hydrogen (secondary N) is 1. The highest BCUT2D eigenvalue weighted by atomic mass is 35.5. The zero-order valence-corrected chi connectivity index (χ0v) is 21.0. The number of fused-ring (bicyclic) bond motifs is 1. The van der Waals surface area contributed by atoms with Crippen molar-refractivity contribution in [1.29, 1.82) is 0 Å². The number of nitrogens with zero attached hydrogens (tertiary/aromatic N) is 4. The number of hydrogen-bond donors (Lipinski definition) is 2. The lowest BCUT2D eigenvalue weighted by molar-refractivity contribution is -0.132. The molecule has 7 nitrogen and oxygen atoms in total. The van der Waals surface area contributed by atoms with Gasteiger partial charge in [0.2, 0.25) is 5.91 Å². The lowest BCUT2D eigenvalue weighted by Crippen LogP contribution is -2.43. The normalized spacial score (nSPS) is 18.3. The van der Waals surface area contributed by atoms with Crippen molar-refractivity contribution >= 4 is 23.3 Å². The van der Waals surface area contributed by atoms with Gasteiger partial charge in [-0.2, -0.15) is 0 Å². The third-order valence-electron chi connectivity index (χ3n) is 6.34. The van der Waals surface area contributed by atoms with Crippen LogP contribution in [0.5, 0.6) is 0 Å². The highest BCUT2D eigenvalue weighted by Crippen LogP contribution is 2.42. The van der Waals surface area contributed by atoms with Gasteiger partial charge in [0.1, 0.15) is 12.1 Å². The van der Waals surface area contributed by atoms with Gasteiger partial charge in [-0.3, -0.25) is 4.79 Å². The Morgan fingerprint density at radius 3 is 2.58 bits per heavy atom. The van der Waals surface area contributed by atoms with E-state index in [1.807, 2.05) is 43.1 Å². The van der Waals surface area contributed by atoms with Crippen LogP contribution < -0.4 is 10.2 Å². The Bertz CT molecular complexity index is 937. The van der Waals surface area contributed by atoms with Gasteiger partial charge in [0.05, 0.1) is 17.7 Å². The summed E-state index contributed by atoms with van der Waals surface area (Å²) in [6.45, 7) is 10.7. The molecule has 0 bridgehead atoms. The second kappa shape index (κ2) is 11.3. The third kappa shape index (κ3) is 6.02. The molecule has 3 rings (SSSR count). The maximum atomic E-state index is 13.6. The molecule has 0 unspecified atom stereocenters. The van der Waals surface area contributed by atoms with Crippen LogP contribution in [-0.2, 0) is 4.79 Å². The van der Waals surface area contributed by atoms with E-state index < -0.39 is 6.10 Å². The Kier molecular flexibility index (Phi) is 8.68. The molecule has 0 fully saturated rings. The number of hydrogen-bond acceptors (Lipinski definition) is 6. The molecule has 0 saturated heterocycles. The molecule has 0 radical (unpaired) electrons. The Morgan fingerprint density at radius 1 is 1.24 bits per heavy atom. The van der Waals surface area contributed by atoms with Gasteiger partial charge in [-0.15, -0.1) is 0 Å². The molecule has 2 aromatic rings. The van der Waals surface area contributed by atoms with E-state index in [1.165, 1.54) is 6.33 Å². The van der Waals surface area contributed by atoms with Crippen LogP contribution >= 0.6 is 11.6 Å². The van der Waals surface area contributed by atoms with Gasteiger partial charge in [0.15, 0.2) is 0 Å². The van der Waals surface area contributed by atoms with Crippen molar-refractivity contribution < 1.29 is 9.90 Å². The van der Waals surface area contributed by atoms with Gasteiger partial charge in [-0.25, -0.2) is 9.97 Å². The molecule has 1 heterocycles. The van der Waals surface area contributed by atoms with Crippen LogP contribution in [0.1, 0.15) is 68.9 Å². The summed E-state index contributed by atoms with van der Waals surface area (Å²) in [4.78, 5) is 26.3. The number of amides is 1. The van der Waals surface area contributed by atoms with Crippen LogP contribution in [0.15, 0.2) is 30.6 Å². The highest BCUT2D eigenvalue weighted by Gasteiger charge is 2.32. The second-order valence-electron chi connectivity index (χ2n) is 9.16. The zero-order chi connectivity index (χ0) is 24.1. The molecule has 1 aromatic heterocycles. The maximum absolute atomic E-state index is 13.6. The minimum Gasteiger partial charge on any atom is -0.387 e. The fourth-order valence-corrected chi connectivity index (χ4v) is 4.55. The third-order valence-corrected chi connectivity index (χ3v) is 6.59. The molecule has 180 valence electrons. The van der Waals surface area contributed by atoms with Crippen LogP contribution in [0, 0.1) is 0 Å². The summed E-state index contributed by atoms with van der Waals surface area (Å²) in [7, 11) is 1.98. The number of likely N-dealkylation sites (N-methyl/N-ethyl adjacent to an activating group) is 2. The first-order valence-electron chi connectivity index (χ1n) is 11.7. The maximum Gasteiger partial charge on any atom is 0.231 e.